The van der Waals surface area contributed by atoms with Gasteiger partial charge in [0.25, 0.3) is 0 Å². The number of hydrogen-bond donors (Lipinski definition) is 2. The largest absolute Gasteiger partial charge is 0.351 e. The molecule has 3 atom stereocenters. The van der Waals surface area contributed by atoms with E-state index in [0.717, 1.165) is 19.4 Å². The van der Waals surface area contributed by atoms with Gasteiger partial charge in [0, 0.05) is 18.0 Å². The number of hydrogen-bond acceptors (Lipinski definition) is 2. The fourth-order valence-electron chi connectivity index (χ4n) is 3.43. The minimum atomic E-state index is 0.272. The number of amides is 1. The molecule has 1 aliphatic heterocycles. The van der Waals surface area contributed by atoms with E-state index in [9.17, 15) is 4.79 Å². The second kappa shape index (κ2) is 6.55. The lowest BCUT2D eigenvalue weighted by Gasteiger charge is -2.36. The SMILES string of the molecule is CC1CCNC(C)C1NC(=O)C1CCCCCC1. The van der Waals surface area contributed by atoms with Crippen molar-refractivity contribution in [2.24, 2.45) is 11.8 Å². The smallest absolute Gasteiger partial charge is 0.223 e. The average Bonchev–Trinajstić information content (AvgIpc) is 2.62. The van der Waals surface area contributed by atoms with Gasteiger partial charge in [-0.15, -0.1) is 0 Å². The van der Waals surface area contributed by atoms with E-state index in [1.807, 2.05) is 0 Å². The first-order valence-electron chi connectivity index (χ1n) is 7.72. The van der Waals surface area contributed by atoms with Gasteiger partial charge >= 0.3 is 0 Å². The van der Waals surface area contributed by atoms with Crippen LogP contribution in [-0.4, -0.2) is 24.5 Å². The molecule has 2 N–H and O–H groups in total. The van der Waals surface area contributed by atoms with Crippen molar-refractivity contribution in [2.45, 2.75) is 70.9 Å². The molecular formula is C15H28N2O. The first-order chi connectivity index (χ1) is 8.68. The third-order valence-corrected chi connectivity index (χ3v) is 4.75. The Morgan fingerprint density at radius 3 is 2.33 bits per heavy atom. The molecule has 1 heterocycles. The van der Waals surface area contributed by atoms with Gasteiger partial charge in [0.1, 0.15) is 0 Å². The van der Waals surface area contributed by atoms with Crippen molar-refractivity contribution >= 4 is 5.91 Å². The zero-order chi connectivity index (χ0) is 13.0. The highest BCUT2D eigenvalue weighted by molar-refractivity contribution is 5.79. The van der Waals surface area contributed by atoms with Crippen LogP contribution >= 0.6 is 0 Å². The predicted molar refractivity (Wildman–Crippen MR) is 74.4 cm³/mol. The fourth-order valence-corrected chi connectivity index (χ4v) is 3.43. The average molecular weight is 252 g/mol. The summed E-state index contributed by atoms with van der Waals surface area (Å²) in [6, 6.07) is 0.720. The Morgan fingerprint density at radius 2 is 1.72 bits per heavy atom. The summed E-state index contributed by atoms with van der Waals surface area (Å²) in [6.45, 7) is 5.53. The second-order valence-electron chi connectivity index (χ2n) is 6.23. The summed E-state index contributed by atoms with van der Waals surface area (Å²) in [5.41, 5.74) is 0. The molecule has 2 fully saturated rings. The second-order valence-corrected chi connectivity index (χ2v) is 6.23. The summed E-state index contributed by atoms with van der Waals surface area (Å²) in [6.07, 6.45) is 8.42. The van der Waals surface area contributed by atoms with Gasteiger partial charge in [-0.2, -0.15) is 0 Å². The molecule has 0 aromatic rings. The van der Waals surface area contributed by atoms with Crippen LogP contribution in [0.5, 0.6) is 0 Å². The molecular weight excluding hydrogens is 224 g/mol. The Kier molecular flexibility index (Phi) is 5.04. The third-order valence-electron chi connectivity index (χ3n) is 4.75. The van der Waals surface area contributed by atoms with E-state index in [1.165, 1.54) is 32.1 Å². The van der Waals surface area contributed by atoms with Gasteiger partial charge in [0.15, 0.2) is 0 Å². The predicted octanol–water partition coefficient (Wildman–Crippen LogP) is 2.46. The minimum Gasteiger partial charge on any atom is -0.351 e. The quantitative estimate of drug-likeness (QED) is 0.741. The molecule has 1 saturated carbocycles. The van der Waals surface area contributed by atoms with Gasteiger partial charge in [-0.25, -0.2) is 0 Å². The molecule has 0 bridgehead atoms. The molecule has 1 amide bonds. The Bertz CT molecular complexity index is 262. The van der Waals surface area contributed by atoms with Crippen molar-refractivity contribution in [3.63, 3.8) is 0 Å². The van der Waals surface area contributed by atoms with E-state index in [0.29, 0.717) is 23.9 Å². The van der Waals surface area contributed by atoms with Crippen molar-refractivity contribution in [1.29, 1.82) is 0 Å². The molecule has 0 spiro atoms. The van der Waals surface area contributed by atoms with E-state index in [2.05, 4.69) is 24.5 Å². The first kappa shape index (κ1) is 13.9. The summed E-state index contributed by atoms with van der Waals surface area (Å²) in [5.74, 6) is 1.18. The van der Waals surface area contributed by atoms with Crippen molar-refractivity contribution in [2.75, 3.05) is 6.54 Å². The van der Waals surface area contributed by atoms with Crippen LogP contribution in [0.1, 0.15) is 58.8 Å². The Labute approximate surface area is 111 Å². The molecule has 0 radical (unpaired) electrons. The van der Waals surface area contributed by atoms with Crippen LogP contribution < -0.4 is 10.6 Å². The molecule has 18 heavy (non-hydrogen) atoms. The summed E-state index contributed by atoms with van der Waals surface area (Å²) in [7, 11) is 0. The van der Waals surface area contributed by atoms with E-state index in [1.54, 1.807) is 0 Å². The Balaban J connectivity index is 1.88. The molecule has 1 aliphatic carbocycles. The molecule has 0 aromatic heterocycles. The number of carbonyl (C=O) groups is 1. The summed E-state index contributed by atoms with van der Waals surface area (Å²) in [4.78, 5) is 12.4. The maximum Gasteiger partial charge on any atom is 0.223 e. The lowest BCUT2D eigenvalue weighted by molar-refractivity contribution is -0.126. The van der Waals surface area contributed by atoms with Gasteiger partial charge < -0.3 is 10.6 Å². The molecule has 2 rings (SSSR count). The van der Waals surface area contributed by atoms with Crippen LogP contribution in [0.4, 0.5) is 0 Å². The van der Waals surface area contributed by atoms with E-state index >= 15 is 0 Å². The van der Waals surface area contributed by atoms with Crippen molar-refractivity contribution in [3.8, 4) is 0 Å². The molecule has 3 nitrogen and oxygen atoms in total. The van der Waals surface area contributed by atoms with Crippen LogP contribution in [-0.2, 0) is 4.79 Å². The lowest BCUT2D eigenvalue weighted by Crippen LogP contribution is -2.56. The highest BCUT2D eigenvalue weighted by Gasteiger charge is 2.30. The maximum absolute atomic E-state index is 12.4. The fraction of sp³-hybridized carbons (Fsp3) is 0.933. The third kappa shape index (κ3) is 3.47. The number of nitrogens with one attached hydrogen (secondary N) is 2. The topological polar surface area (TPSA) is 41.1 Å². The summed E-state index contributed by atoms with van der Waals surface area (Å²) >= 11 is 0. The number of piperidine rings is 1. The molecule has 3 unspecified atom stereocenters. The van der Waals surface area contributed by atoms with Crippen molar-refractivity contribution in [3.05, 3.63) is 0 Å². The summed E-state index contributed by atoms with van der Waals surface area (Å²) < 4.78 is 0. The van der Waals surface area contributed by atoms with Crippen LogP contribution in [0.25, 0.3) is 0 Å². The molecule has 2 aliphatic rings. The van der Waals surface area contributed by atoms with Crippen LogP contribution in [0, 0.1) is 11.8 Å². The van der Waals surface area contributed by atoms with Crippen LogP contribution in [0.2, 0.25) is 0 Å². The molecule has 104 valence electrons. The maximum atomic E-state index is 12.4. The Hall–Kier alpha value is -0.570. The molecule has 0 aromatic carbocycles. The number of carbonyl (C=O) groups excluding carboxylic acids is 1. The van der Waals surface area contributed by atoms with Crippen LogP contribution in [0.3, 0.4) is 0 Å². The Morgan fingerprint density at radius 1 is 1.06 bits per heavy atom. The van der Waals surface area contributed by atoms with Gasteiger partial charge in [0.05, 0.1) is 0 Å². The van der Waals surface area contributed by atoms with E-state index in [-0.39, 0.29) is 5.92 Å². The van der Waals surface area contributed by atoms with Crippen molar-refractivity contribution < 1.29 is 4.79 Å². The lowest BCUT2D eigenvalue weighted by atomic mass is 9.88. The highest BCUT2D eigenvalue weighted by Crippen LogP contribution is 2.24. The zero-order valence-corrected chi connectivity index (χ0v) is 11.9. The monoisotopic (exact) mass is 252 g/mol. The van der Waals surface area contributed by atoms with Gasteiger partial charge in [-0.1, -0.05) is 32.6 Å². The summed E-state index contributed by atoms with van der Waals surface area (Å²) in [5, 5.41) is 6.78. The van der Waals surface area contributed by atoms with E-state index in [4.69, 9.17) is 0 Å². The van der Waals surface area contributed by atoms with Crippen LogP contribution in [0.15, 0.2) is 0 Å². The van der Waals surface area contributed by atoms with Gasteiger partial charge in [0.2, 0.25) is 5.91 Å². The highest BCUT2D eigenvalue weighted by atomic mass is 16.1. The standard InChI is InChI=1S/C15H28N2O/c1-11-9-10-16-12(2)14(11)17-15(18)13-7-5-3-4-6-8-13/h11-14,16H,3-10H2,1-2H3,(H,17,18). The van der Waals surface area contributed by atoms with Crippen molar-refractivity contribution in [1.82, 2.24) is 10.6 Å². The zero-order valence-electron chi connectivity index (χ0n) is 11.9. The number of rotatable bonds is 2. The molecule has 1 saturated heterocycles. The minimum absolute atomic E-state index is 0.272. The molecule has 3 heteroatoms. The normalized spacial score (nSPS) is 34.9. The van der Waals surface area contributed by atoms with E-state index < -0.39 is 0 Å². The first-order valence-corrected chi connectivity index (χ1v) is 7.72. The van der Waals surface area contributed by atoms with Gasteiger partial charge in [-0.05, 0) is 38.6 Å². The van der Waals surface area contributed by atoms with Gasteiger partial charge in [-0.3, -0.25) is 4.79 Å².